The first-order valence-electron chi connectivity index (χ1n) is 5.43. The molecule has 0 bridgehead atoms. The number of ether oxygens (including phenoxy) is 1. The second-order valence-corrected chi connectivity index (χ2v) is 3.76. The third-order valence-electron chi connectivity index (χ3n) is 2.41. The van der Waals surface area contributed by atoms with E-state index >= 15 is 0 Å². The van der Waals surface area contributed by atoms with Gasteiger partial charge in [-0.25, -0.2) is 13.6 Å². The number of anilines is 1. The van der Waals surface area contributed by atoms with Gasteiger partial charge >= 0.3 is 5.97 Å². The lowest BCUT2D eigenvalue weighted by Crippen LogP contribution is -2.27. The minimum atomic E-state index is -2.98. The maximum Gasteiger partial charge on any atom is 0.337 e. The number of aliphatic hydroxyl groups is 1. The Morgan fingerprint density at radius 2 is 2.20 bits per heavy atom. The van der Waals surface area contributed by atoms with Crippen LogP contribution in [0.4, 0.5) is 20.2 Å². The first kappa shape index (κ1) is 15.8. The monoisotopic (exact) mass is 290 g/mol. The second-order valence-electron chi connectivity index (χ2n) is 3.76. The summed E-state index contributed by atoms with van der Waals surface area (Å²) in [5.41, 5.74) is -0.538. The van der Waals surface area contributed by atoms with Crippen molar-refractivity contribution in [1.29, 1.82) is 0 Å². The molecule has 0 aliphatic rings. The lowest BCUT2D eigenvalue weighted by atomic mass is 10.1. The summed E-state index contributed by atoms with van der Waals surface area (Å²) >= 11 is 0. The van der Waals surface area contributed by atoms with Gasteiger partial charge in [-0.1, -0.05) is 0 Å². The van der Waals surface area contributed by atoms with E-state index in [0.717, 1.165) is 19.2 Å². The fourth-order valence-corrected chi connectivity index (χ4v) is 1.39. The summed E-state index contributed by atoms with van der Waals surface area (Å²) in [4.78, 5) is 21.4. The number of nitro benzene ring substituents is 1. The van der Waals surface area contributed by atoms with Gasteiger partial charge in [0.1, 0.15) is 11.8 Å². The molecule has 2 N–H and O–H groups in total. The van der Waals surface area contributed by atoms with Gasteiger partial charge in [0.05, 0.1) is 17.6 Å². The van der Waals surface area contributed by atoms with Gasteiger partial charge in [0.2, 0.25) is 0 Å². The zero-order valence-electron chi connectivity index (χ0n) is 10.4. The minimum Gasteiger partial charge on any atom is -0.465 e. The number of hydrogen-bond donors (Lipinski definition) is 2. The number of methoxy groups -OCH3 is 1. The Hall–Kier alpha value is -2.29. The van der Waals surface area contributed by atoms with Crippen LogP contribution in [0.1, 0.15) is 10.4 Å². The van der Waals surface area contributed by atoms with E-state index in [0.29, 0.717) is 0 Å². The van der Waals surface area contributed by atoms with Crippen molar-refractivity contribution >= 4 is 17.3 Å². The fraction of sp³-hybridized carbons (Fsp3) is 0.364. The summed E-state index contributed by atoms with van der Waals surface area (Å²) in [6.45, 7) is -0.594. The van der Waals surface area contributed by atoms with Crippen LogP contribution in [0.3, 0.4) is 0 Å². The van der Waals surface area contributed by atoms with Crippen LogP contribution in [0, 0.1) is 10.1 Å². The normalized spacial score (nSPS) is 12.1. The largest absolute Gasteiger partial charge is 0.465 e. The Morgan fingerprint density at radius 3 is 2.70 bits per heavy atom. The van der Waals surface area contributed by atoms with Crippen LogP contribution >= 0.6 is 0 Å². The number of nitro groups is 1. The Bertz CT molecular complexity index is 510. The number of benzene rings is 1. The van der Waals surface area contributed by atoms with Crippen LogP contribution in [0.5, 0.6) is 0 Å². The highest BCUT2D eigenvalue weighted by Gasteiger charge is 2.20. The topological polar surface area (TPSA) is 102 Å². The molecule has 0 fully saturated rings. The van der Waals surface area contributed by atoms with Crippen molar-refractivity contribution in [3.05, 3.63) is 33.9 Å². The maximum atomic E-state index is 12.2. The van der Waals surface area contributed by atoms with Crippen molar-refractivity contribution in [1.82, 2.24) is 0 Å². The van der Waals surface area contributed by atoms with Crippen molar-refractivity contribution in [3.63, 3.8) is 0 Å². The molecule has 110 valence electrons. The van der Waals surface area contributed by atoms with Gasteiger partial charge < -0.3 is 15.2 Å². The molecule has 1 atom stereocenters. The SMILES string of the molecule is COC(=O)c1ccc([N+](=O)[O-])c(NCC(O)C(F)F)c1. The number of nitrogens with zero attached hydrogens (tertiary/aromatic N) is 1. The van der Waals surface area contributed by atoms with Crippen molar-refractivity contribution in [2.24, 2.45) is 0 Å². The molecule has 1 rings (SSSR count). The zero-order chi connectivity index (χ0) is 15.3. The van der Waals surface area contributed by atoms with Gasteiger partial charge in [-0.05, 0) is 12.1 Å². The lowest BCUT2D eigenvalue weighted by molar-refractivity contribution is -0.384. The summed E-state index contributed by atoms with van der Waals surface area (Å²) in [7, 11) is 1.14. The molecule has 7 nitrogen and oxygen atoms in total. The van der Waals surface area contributed by atoms with E-state index < -0.39 is 35.7 Å². The van der Waals surface area contributed by atoms with E-state index in [-0.39, 0.29) is 11.3 Å². The molecule has 0 aliphatic heterocycles. The molecule has 1 aromatic rings. The Morgan fingerprint density at radius 1 is 1.55 bits per heavy atom. The van der Waals surface area contributed by atoms with E-state index in [2.05, 4.69) is 10.1 Å². The van der Waals surface area contributed by atoms with E-state index in [4.69, 9.17) is 5.11 Å². The number of aliphatic hydroxyl groups excluding tert-OH is 1. The number of carbonyl (C=O) groups excluding carboxylic acids is 1. The smallest absolute Gasteiger partial charge is 0.337 e. The number of carbonyl (C=O) groups is 1. The van der Waals surface area contributed by atoms with Gasteiger partial charge in [-0.15, -0.1) is 0 Å². The molecular weight excluding hydrogens is 278 g/mol. The maximum absolute atomic E-state index is 12.2. The van der Waals surface area contributed by atoms with E-state index in [1.54, 1.807) is 0 Å². The predicted molar refractivity (Wildman–Crippen MR) is 64.9 cm³/mol. The van der Waals surface area contributed by atoms with Gasteiger partial charge in [0.15, 0.2) is 0 Å². The van der Waals surface area contributed by atoms with Crippen LogP contribution in [0.15, 0.2) is 18.2 Å². The average Bonchev–Trinajstić information content (AvgIpc) is 2.43. The van der Waals surface area contributed by atoms with Crippen LogP contribution in [-0.4, -0.2) is 42.2 Å². The Labute approximate surface area is 112 Å². The van der Waals surface area contributed by atoms with E-state index in [1.807, 2.05) is 0 Å². The molecule has 0 amide bonds. The fourth-order valence-electron chi connectivity index (χ4n) is 1.39. The molecule has 0 aliphatic carbocycles. The highest BCUT2D eigenvalue weighted by atomic mass is 19.3. The van der Waals surface area contributed by atoms with Crippen molar-refractivity contribution in [3.8, 4) is 0 Å². The van der Waals surface area contributed by atoms with Crippen LogP contribution in [0.25, 0.3) is 0 Å². The van der Waals surface area contributed by atoms with Crippen LogP contribution in [0.2, 0.25) is 0 Å². The number of hydrogen-bond acceptors (Lipinski definition) is 6. The second kappa shape index (κ2) is 6.75. The molecule has 9 heteroatoms. The third kappa shape index (κ3) is 3.85. The number of rotatable bonds is 6. The van der Waals surface area contributed by atoms with Gasteiger partial charge in [0, 0.05) is 12.6 Å². The standard InChI is InChI=1S/C11H12F2N2O5/c1-20-11(17)6-2-3-8(15(18)19)7(4-6)14-5-9(16)10(12)13/h2-4,9-10,14,16H,5H2,1H3. The van der Waals surface area contributed by atoms with Crippen molar-refractivity contribution in [2.75, 3.05) is 19.0 Å². The Balaban J connectivity index is 3.00. The minimum absolute atomic E-state index is 0.0205. The van der Waals surface area contributed by atoms with Gasteiger partial charge in [-0.2, -0.15) is 0 Å². The molecule has 0 saturated heterocycles. The first-order chi connectivity index (χ1) is 9.36. The first-order valence-corrected chi connectivity index (χ1v) is 5.43. The summed E-state index contributed by atoms with van der Waals surface area (Å²) in [6, 6.07) is 3.32. The molecule has 0 radical (unpaired) electrons. The third-order valence-corrected chi connectivity index (χ3v) is 2.41. The number of halogens is 2. The Kier molecular flexibility index (Phi) is 5.32. The number of alkyl halides is 2. The molecule has 0 heterocycles. The van der Waals surface area contributed by atoms with Crippen molar-refractivity contribution in [2.45, 2.75) is 12.5 Å². The summed E-state index contributed by atoms with van der Waals surface area (Å²) in [6.07, 6.45) is -4.96. The predicted octanol–water partition coefficient (Wildman–Crippen LogP) is 1.42. The quantitative estimate of drug-likeness (QED) is 0.466. The van der Waals surface area contributed by atoms with Gasteiger partial charge in [0.25, 0.3) is 12.1 Å². The molecule has 1 unspecified atom stereocenters. The number of nitrogens with one attached hydrogen (secondary N) is 1. The highest BCUT2D eigenvalue weighted by molar-refractivity contribution is 5.91. The molecule has 0 spiro atoms. The molecular formula is C11H12F2N2O5. The molecule has 1 aromatic carbocycles. The van der Waals surface area contributed by atoms with E-state index in [9.17, 15) is 23.7 Å². The number of esters is 1. The van der Waals surface area contributed by atoms with E-state index in [1.165, 1.54) is 6.07 Å². The van der Waals surface area contributed by atoms with Gasteiger partial charge in [-0.3, -0.25) is 10.1 Å². The highest BCUT2D eigenvalue weighted by Crippen LogP contribution is 2.26. The molecule has 0 aromatic heterocycles. The molecule has 0 saturated carbocycles. The summed E-state index contributed by atoms with van der Waals surface area (Å²) in [5.74, 6) is -0.725. The lowest BCUT2D eigenvalue weighted by Gasteiger charge is -2.12. The average molecular weight is 290 g/mol. The van der Waals surface area contributed by atoms with Crippen LogP contribution < -0.4 is 5.32 Å². The summed E-state index contributed by atoms with van der Waals surface area (Å²) < 4.78 is 28.8. The molecule has 20 heavy (non-hydrogen) atoms. The van der Waals surface area contributed by atoms with Crippen molar-refractivity contribution < 1.29 is 28.3 Å². The summed E-state index contributed by atoms with van der Waals surface area (Å²) in [5, 5.41) is 22.1. The zero-order valence-corrected chi connectivity index (χ0v) is 10.4. The van der Waals surface area contributed by atoms with Crippen LogP contribution in [-0.2, 0) is 4.74 Å².